The highest BCUT2D eigenvalue weighted by Gasteiger charge is 2.28. The van der Waals surface area contributed by atoms with E-state index in [0.717, 1.165) is 0 Å². The van der Waals surface area contributed by atoms with Gasteiger partial charge in [-0.25, -0.2) is 4.98 Å². The predicted molar refractivity (Wildman–Crippen MR) is 64.4 cm³/mol. The van der Waals surface area contributed by atoms with Gasteiger partial charge >= 0.3 is 0 Å². The molecule has 2 amide bonds. The number of nitrogens with one attached hydrogen (secondary N) is 1. The van der Waals surface area contributed by atoms with E-state index in [2.05, 4.69) is 10.3 Å². The Morgan fingerprint density at radius 3 is 2.59 bits per heavy atom. The Labute approximate surface area is 103 Å². The molecule has 0 aliphatic rings. The third kappa shape index (κ3) is 3.07. The fourth-order valence-electron chi connectivity index (χ4n) is 1.04. The molecule has 0 radical (unpaired) electrons. The van der Waals surface area contributed by atoms with Crippen LogP contribution in [0.25, 0.3) is 0 Å². The van der Waals surface area contributed by atoms with Crippen LogP contribution in [0.15, 0.2) is 12.3 Å². The maximum absolute atomic E-state index is 11.8. The van der Waals surface area contributed by atoms with Gasteiger partial charge in [0.2, 0.25) is 5.91 Å². The first-order valence-corrected chi connectivity index (χ1v) is 5.15. The van der Waals surface area contributed by atoms with Crippen LogP contribution in [0, 0.1) is 0 Å². The molecule has 0 saturated carbocycles. The van der Waals surface area contributed by atoms with Crippen LogP contribution in [0.1, 0.15) is 24.2 Å². The third-order valence-corrected chi connectivity index (χ3v) is 2.45. The lowest BCUT2D eigenvalue weighted by molar-refractivity contribution is -0.122. The number of nitrogen functional groups attached to an aromatic ring is 1. The summed E-state index contributed by atoms with van der Waals surface area (Å²) in [4.78, 5) is 26.7. The van der Waals surface area contributed by atoms with Gasteiger partial charge in [-0.1, -0.05) is 11.6 Å². The number of carbonyl (C=O) groups excluding carboxylic acids is 2. The summed E-state index contributed by atoms with van der Waals surface area (Å²) in [5, 5.41) is 2.46. The van der Waals surface area contributed by atoms with Crippen LogP contribution in [-0.4, -0.2) is 22.3 Å². The van der Waals surface area contributed by atoms with E-state index in [1.54, 1.807) is 0 Å². The van der Waals surface area contributed by atoms with Crippen molar-refractivity contribution < 1.29 is 9.59 Å². The van der Waals surface area contributed by atoms with E-state index in [1.807, 2.05) is 0 Å². The second kappa shape index (κ2) is 4.58. The number of amides is 2. The lowest BCUT2D eigenvalue weighted by Gasteiger charge is -2.22. The number of pyridine rings is 1. The summed E-state index contributed by atoms with van der Waals surface area (Å²) in [5.74, 6) is -1.21. The maximum atomic E-state index is 11.8. The Kier molecular flexibility index (Phi) is 3.57. The molecule has 1 rings (SSSR count). The van der Waals surface area contributed by atoms with Gasteiger partial charge in [-0.05, 0) is 19.9 Å². The fourth-order valence-corrected chi connectivity index (χ4v) is 1.23. The number of carbonyl (C=O) groups is 2. The van der Waals surface area contributed by atoms with Crippen molar-refractivity contribution in [1.29, 1.82) is 0 Å². The Bertz CT molecular complexity index is 473. The van der Waals surface area contributed by atoms with Crippen molar-refractivity contribution >= 4 is 29.1 Å². The molecule has 0 atom stereocenters. The topological polar surface area (TPSA) is 111 Å². The monoisotopic (exact) mass is 256 g/mol. The van der Waals surface area contributed by atoms with Crippen molar-refractivity contribution in [2.45, 2.75) is 19.4 Å². The molecule has 17 heavy (non-hydrogen) atoms. The van der Waals surface area contributed by atoms with Crippen LogP contribution in [0.2, 0.25) is 5.15 Å². The number of hydrogen-bond donors (Lipinski definition) is 3. The van der Waals surface area contributed by atoms with Crippen LogP contribution < -0.4 is 16.8 Å². The van der Waals surface area contributed by atoms with E-state index in [1.165, 1.54) is 26.1 Å². The standard InChI is InChI=1S/C10H13ClN4O2/c1-10(2,9(13)17)15-8(16)6-3-5(12)4-14-7(6)11/h3-4H,12H2,1-2H3,(H2,13,17)(H,15,16). The molecule has 0 saturated heterocycles. The molecule has 0 aromatic carbocycles. The highest BCUT2D eigenvalue weighted by molar-refractivity contribution is 6.32. The molecule has 1 aromatic heterocycles. The Morgan fingerprint density at radius 2 is 2.06 bits per heavy atom. The zero-order valence-corrected chi connectivity index (χ0v) is 10.2. The van der Waals surface area contributed by atoms with Crippen molar-refractivity contribution in [3.8, 4) is 0 Å². The first kappa shape index (κ1) is 13.2. The van der Waals surface area contributed by atoms with Crippen molar-refractivity contribution in [3.63, 3.8) is 0 Å². The summed E-state index contributed by atoms with van der Waals surface area (Å²) in [7, 11) is 0. The lowest BCUT2D eigenvalue weighted by atomic mass is 10.0. The average Bonchev–Trinajstić information content (AvgIpc) is 2.20. The molecule has 0 spiro atoms. The summed E-state index contributed by atoms with van der Waals surface area (Å²) in [6.07, 6.45) is 1.33. The molecule has 1 heterocycles. The smallest absolute Gasteiger partial charge is 0.255 e. The SMILES string of the molecule is CC(C)(NC(=O)c1cc(N)cnc1Cl)C(N)=O. The summed E-state index contributed by atoms with van der Waals surface area (Å²) < 4.78 is 0. The normalized spacial score (nSPS) is 11.0. The maximum Gasteiger partial charge on any atom is 0.255 e. The van der Waals surface area contributed by atoms with Gasteiger partial charge in [0, 0.05) is 0 Å². The van der Waals surface area contributed by atoms with E-state index in [4.69, 9.17) is 23.1 Å². The second-order valence-electron chi connectivity index (χ2n) is 4.05. The molecule has 1 aromatic rings. The zero-order chi connectivity index (χ0) is 13.2. The number of primary amides is 1. The molecule has 5 N–H and O–H groups in total. The molecule has 6 nitrogen and oxygen atoms in total. The van der Waals surface area contributed by atoms with Crippen molar-refractivity contribution in [2.24, 2.45) is 5.73 Å². The number of nitrogens with two attached hydrogens (primary N) is 2. The van der Waals surface area contributed by atoms with E-state index in [9.17, 15) is 9.59 Å². The van der Waals surface area contributed by atoms with Gasteiger partial charge in [-0.2, -0.15) is 0 Å². The average molecular weight is 257 g/mol. The highest BCUT2D eigenvalue weighted by Crippen LogP contribution is 2.16. The summed E-state index contributed by atoms with van der Waals surface area (Å²) >= 11 is 5.76. The van der Waals surface area contributed by atoms with Gasteiger partial charge < -0.3 is 16.8 Å². The first-order valence-electron chi connectivity index (χ1n) is 4.77. The number of halogens is 1. The summed E-state index contributed by atoms with van der Waals surface area (Å²) in [6.45, 7) is 2.97. The van der Waals surface area contributed by atoms with Crippen molar-refractivity contribution in [2.75, 3.05) is 5.73 Å². The number of rotatable bonds is 3. The predicted octanol–water partition coefficient (Wildman–Crippen LogP) is 0.311. The molecule has 0 aliphatic carbocycles. The van der Waals surface area contributed by atoms with Gasteiger partial charge in [0.15, 0.2) is 0 Å². The molecule has 92 valence electrons. The minimum atomic E-state index is -1.18. The van der Waals surface area contributed by atoms with Crippen LogP contribution in [-0.2, 0) is 4.79 Å². The first-order chi connectivity index (χ1) is 7.74. The number of aromatic nitrogens is 1. The summed E-state index contributed by atoms with van der Waals surface area (Å²) in [5.41, 5.74) is 9.86. The van der Waals surface area contributed by atoms with Crippen LogP contribution in [0.4, 0.5) is 5.69 Å². The lowest BCUT2D eigenvalue weighted by Crippen LogP contribution is -2.53. The summed E-state index contributed by atoms with van der Waals surface area (Å²) in [6, 6.07) is 1.38. The van der Waals surface area contributed by atoms with Gasteiger partial charge in [0.1, 0.15) is 10.7 Å². The molecular formula is C10H13ClN4O2. The minimum Gasteiger partial charge on any atom is -0.397 e. The zero-order valence-electron chi connectivity index (χ0n) is 9.45. The van der Waals surface area contributed by atoms with Gasteiger partial charge in [0.05, 0.1) is 17.4 Å². The Morgan fingerprint density at radius 1 is 1.47 bits per heavy atom. The molecule has 0 fully saturated rings. The van der Waals surface area contributed by atoms with Crippen LogP contribution >= 0.6 is 11.6 Å². The number of hydrogen-bond acceptors (Lipinski definition) is 4. The Hall–Kier alpha value is -1.82. The number of nitrogens with zero attached hydrogens (tertiary/aromatic N) is 1. The Balaban J connectivity index is 2.98. The largest absolute Gasteiger partial charge is 0.397 e. The highest BCUT2D eigenvalue weighted by atomic mass is 35.5. The second-order valence-corrected chi connectivity index (χ2v) is 4.41. The van der Waals surface area contributed by atoms with E-state index >= 15 is 0 Å². The minimum absolute atomic E-state index is 0.0111. The fraction of sp³-hybridized carbons (Fsp3) is 0.300. The van der Waals surface area contributed by atoms with Gasteiger partial charge in [0.25, 0.3) is 5.91 Å². The van der Waals surface area contributed by atoms with E-state index < -0.39 is 17.4 Å². The van der Waals surface area contributed by atoms with Gasteiger partial charge in [-0.15, -0.1) is 0 Å². The molecule has 0 unspecified atom stereocenters. The molecular weight excluding hydrogens is 244 g/mol. The molecule has 0 aliphatic heterocycles. The van der Waals surface area contributed by atoms with Crippen LogP contribution in [0.3, 0.4) is 0 Å². The van der Waals surface area contributed by atoms with Crippen molar-refractivity contribution in [3.05, 3.63) is 23.0 Å². The quantitative estimate of drug-likeness (QED) is 0.676. The van der Waals surface area contributed by atoms with Gasteiger partial charge in [-0.3, -0.25) is 9.59 Å². The molecule has 0 bridgehead atoms. The number of anilines is 1. The van der Waals surface area contributed by atoms with E-state index in [0.29, 0.717) is 5.69 Å². The van der Waals surface area contributed by atoms with Crippen molar-refractivity contribution in [1.82, 2.24) is 10.3 Å². The van der Waals surface area contributed by atoms with E-state index in [-0.39, 0.29) is 10.7 Å². The van der Waals surface area contributed by atoms with Crippen LogP contribution in [0.5, 0.6) is 0 Å². The molecule has 7 heteroatoms. The third-order valence-electron chi connectivity index (χ3n) is 2.15.